The van der Waals surface area contributed by atoms with E-state index in [1.54, 1.807) is 0 Å². The van der Waals surface area contributed by atoms with Crippen LogP contribution < -0.4 is 0 Å². The van der Waals surface area contributed by atoms with Gasteiger partial charge in [0.05, 0.1) is 11.1 Å². The molecule has 1 saturated carbocycles. The molecule has 31 heavy (non-hydrogen) atoms. The molecule has 172 valence electrons. The SMILES string of the molecule is COC(OC(=O)c1ccc(C(=O)OC(C2CCCCC2)C(F)(F)C(=O)O)cc1)C(C)C. The molecule has 0 saturated heterocycles. The highest BCUT2D eigenvalue weighted by molar-refractivity contribution is 5.93. The second kappa shape index (κ2) is 10.7. The van der Waals surface area contributed by atoms with Crippen molar-refractivity contribution < 1.29 is 42.5 Å². The van der Waals surface area contributed by atoms with Crippen molar-refractivity contribution in [3.05, 3.63) is 35.4 Å². The van der Waals surface area contributed by atoms with Crippen LogP contribution >= 0.6 is 0 Å². The molecule has 0 heterocycles. The number of hydrogen-bond donors (Lipinski definition) is 1. The first-order valence-corrected chi connectivity index (χ1v) is 10.2. The zero-order chi connectivity index (χ0) is 23.2. The topological polar surface area (TPSA) is 99.1 Å². The van der Waals surface area contributed by atoms with E-state index >= 15 is 0 Å². The average Bonchev–Trinajstić information content (AvgIpc) is 2.75. The van der Waals surface area contributed by atoms with Gasteiger partial charge in [-0.05, 0) is 37.1 Å². The molecular formula is C22H28F2O7. The van der Waals surface area contributed by atoms with E-state index in [9.17, 15) is 23.2 Å². The minimum absolute atomic E-state index is 0.0733. The van der Waals surface area contributed by atoms with Crippen molar-refractivity contribution in [2.75, 3.05) is 7.11 Å². The number of benzene rings is 1. The fraction of sp³-hybridized carbons (Fsp3) is 0.591. The predicted molar refractivity (Wildman–Crippen MR) is 106 cm³/mol. The molecule has 2 unspecified atom stereocenters. The number of aliphatic carboxylic acids is 1. The second-order valence-electron chi connectivity index (χ2n) is 7.98. The van der Waals surface area contributed by atoms with E-state index in [2.05, 4.69) is 0 Å². The molecule has 1 fully saturated rings. The Bertz CT molecular complexity index is 771. The molecule has 0 bridgehead atoms. The fourth-order valence-electron chi connectivity index (χ4n) is 3.58. The Morgan fingerprint density at radius 2 is 1.45 bits per heavy atom. The monoisotopic (exact) mass is 442 g/mol. The highest BCUT2D eigenvalue weighted by Gasteiger charge is 2.53. The minimum atomic E-state index is -4.20. The standard InChI is InChI=1S/C22H28F2O7/c1-13(2)20(29-3)31-19(26)16-11-9-15(10-12-16)18(25)30-17(22(23,24)21(27)28)14-7-5-4-6-8-14/h9-14,17,20H,4-8H2,1-3H3,(H,27,28). The van der Waals surface area contributed by atoms with Crippen LogP contribution in [0.2, 0.25) is 0 Å². The van der Waals surface area contributed by atoms with Crippen molar-refractivity contribution >= 4 is 17.9 Å². The number of methoxy groups -OCH3 is 1. The van der Waals surface area contributed by atoms with Gasteiger partial charge in [0.1, 0.15) is 0 Å². The first-order valence-electron chi connectivity index (χ1n) is 10.2. The summed E-state index contributed by atoms with van der Waals surface area (Å²) in [7, 11) is 1.41. The summed E-state index contributed by atoms with van der Waals surface area (Å²) in [5.41, 5.74) is 0.0599. The normalized spacial score (nSPS) is 17.1. The Hall–Kier alpha value is -2.55. The zero-order valence-electron chi connectivity index (χ0n) is 17.8. The molecule has 0 aliphatic heterocycles. The Morgan fingerprint density at radius 1 is 0.968 bits per heavy atom. The fourth-order valence-corrected chi connectivity index (χ4v) is 3.58. The lowest BCUT2D eigenvalue weighted by molar-refractivity contribution is -0.189. The minimum Gasteiger partial charge on any atom is -0.477 e. The number of ether oxygens (including phenoxy) is 3. The van der Waals surface area contributed by atoms with Gasteiger partial charge in [0.25, 0.3) is 0 Å². The summed E-state index contributed by atoms with van der Waals surface area (Å²) in [5.74, 6) is -9.08. The number of carbonyl (C=O) groups is 3. The molecule has 1 aliphatic rings. The number of rotatable bonds is 9. The lowest BCUT2D eigenvalue weighted by Gasteiger charge is -2.33. The Balaban J connectivity index is 2.13. The van der Waals surface area contributed by atoms with Crippen molar-refractivity contribution in [1.29, 1.82) is 0 Å². The second-order valence-corrected chi connectivity index (χ2v) is 7.98. The highest BCUT2D eigenvalue weighted by atomic mass is 19.3. The van der Waals surface area contributed by atoms with E-state index in [0.29, 0.717) is 25.7 Å². The van der Waals surface area contributed by atoms with Gasteiger partial charge in [0.2, 0.25) is 6.29 Å². The molecule has 1 aromatic carbocycles. The largest absolute Gasteiger partial charge is 0.477 e. The molecule has 0 amide bonds. The number of alkyl halides is 2. The number of halogens is 2. The molecule has 1 aliphatic carbocycles. The quantitative estimate of drug-likeness (QED) is 0.450. The zero-order valence-corrected chi connectivity index (χ0v) is 17.8. The molecule has 1 aromatic rings. The lowest BCUT2D eigenvalue weighted by atomic mass is 9.83. The van der Waals surface area contributed by atoms with Crippen LogP contribution in [0.5, 0.6) is 0 Å². The van der Waals surface area contributed by atoms with Crippen molar-refractivity contribution in [2.24, 2.45) is 11.8 Å². The van der Waals surface area contributed by atoms with Gasteiger partial charge in [0, 0.05) is 18.9 Å². The average molecular weight is 442 g/mol. The predicted octanol–water partition coefficient (Wildman–Crippen LogP) is 4.30. The number of carbonyl (C=O) groups excluding carboxylic acids is 2. The maximum absolute atomic E-state index is 14.3. The van der Waals surface area contributed by atoms with Crippen LogP contribution in [0, 0.1) is 11.8 Å². The van der Waals surface area contributed by atoms with Crippen LogP contribution in [0.3, 0.4) is 0 Å². The van der Waals surface area contributed by atoms with Crippen molar-refractivity contribution in [2.45, 2.75) is 64.3 Å². The third kappa shape index (κ3) is 6.22. The van der Waals surface area contributed by atoms with Crippen LogP contribution in [0.15, 0.2) is 24.3 Å². The molecule has 2 rings (SSSR count). The number of carboxylic acid groups (broad SMARTS) is 1. The van der Waals surface area contributed by atoms with Gasteiger partial charge in [-0.2, -0.15) is 8.78 Å². The van der Waals surface area contributed by atoms with E-state index < -0.39 is 42.1 Å². The van der Waals surface area contributed by atoms with Crippen molar-refractivity contribution in [3.63, 3.8) is 0 Å². The number of esters is 2. The third-order valence-corrected chi connectivity index (χ3v) is 5.31. The smallest absolute Gasteiger partial charge is 0.378 e. The number of carboxylic acids is 1. The molecular weight excluding hydrogens is 414 g/mol. The summed E-state index contributed by atoms with van der Waals surface area (Å²) >= 11 is 0. The molecule has 1 N–H and O–H groups in total. The van der Waals surface area contributed by atoms with E-state index in [1.165, 1.54) is 31.4 Å². The Labute approximate surface area is 179 Å². The first-order chi connectivity index (χ1) is 14.6. The van der Waals surface area contributed by atoms with Crippen molar-refractivity contribution in [1.82, 2.24) is 0 Å². The van der Waals surface area contributed by atoms with Gasteiger partial charge in [-0.25, -0.2) is 14.4 Å². The molecule has 2 atom stereocenters. The molecule has 7 nitrogen and oxygen atoms in total. The van der Waals surface area contributed by atoms with Crippen LogP contribution in [-0.2, 0) is 19.0 Å². The Kier molecular flexibility index (Phi) is 8.50. The summed E-state index contributed by atoms with van der Waals surface area (Å²) < 4.78 is 43.9. The summed E-state index contributed by atoms with van der Waals surface area (Å²) in [6, 6.07) is 5.09. The Morgan fingerprint density at radius 3 is 1.87 bits per heavy atom. The molecule has 0 aromatic heterocycles. The molecule has 9 heteroatoms. The van der Waals surface area contributed by atoms with Gasteiger partial charge in [-0.3, -0.25) is 0 Å². The molecule has 0 radical (unpaired) electrons. The summed E-state index contributed by atoms with van der Waals surface area (Å²) in [6.07, 6.45) is 0.134. The maximum atomic E-state index is 14.3. The highest BCUT2D eigenvalue weighted by Crippen LogP contribution is 2.36. The third-order valence-electron chi connectivity index (χ3n) is 5.31. The molecule has 0 spiro atoms. The van der Waals surface area contributed by atoms with E-state index in [4.69, 9.17) is 19.3 Å². The van der Waals surface area contributed by atoms with Crippen LogP contribution in [-0.4, -0.2) is 48.4 Å². The first kappa shape index (κ1) is 24.7. The number of hydrogen-bond acceptors (Lipinski definition) is 6. The maximum Gasteiger partial charge on any atom is 0.378 e. The van der Waals surface area contributed by atoms with Gasteiger partial charge in [-0.1, -0.05) is 33.1 Å². The van der Waals surface area contributed by atoms with E-state index in [-0.39, 0.29) is 17.0 Å². The summed E-state index contributed by atoms with van der Waals surface area (Å²) in [4.78, 5) is 35.8. The van der Waals surface area contributed by atoms with Crippen LogP contribution in [0.1, 0.15) is 66.7 Å². The van der Waals surface area contributed by atoms with Crippen LogP contribution in [0.4, 0.5) is 8.78 Å². The van der Waals surface area contributed by atoms with Crippen molar-refractivity contribution in [3.8, 4) is 0 Å². The van der Waals surface area contributed by atoms with Gasteiger partial charge >= 0.3 is 23.8 Å². The van der Waals surface area contributed by atoms with Gasteiger partial charge in [-0.15, -0.1) is 0 Å². The summed E-state index contributed by atoms with van der Waals surface area (Å²) in [6.45, 7) is 3.63. The summed E-state index contributed by atoms with van der Waals surface area (Å²) in [5, 5.41) is 8.95. The van der Waals surface area contributed by atoms with E-state index in [1.807, 2.05) is 13.8 Å². The van der Waals surface area contributed by atoms with Gasteiger partial charge < -0.3 is 19.3 Å². The van der Waals surface area contributed by atoms with Crippen LogP contribution in [0.25, 0.3) is 0 Å². The lowest BCUT2D eigenvalue weighted by Crippen LogP contribution is -2.48. The van der Waals surface area contributed by atoms with E-state index in [0.717, 1.165) is 6.42 Å². The van der Waals surface area contributed by atoms with Gasteiger partial charge in [0.15, 0.2) is 6.10 Å².